The maximum Gasteiger partial charge on any atom is 0.0379 e. The molecule has 0 saturated carbocycles. The fourth-order valence-corrected chi connectivity index (χ4v) is 10.8. The third-order valence-electron chi connectivity index (χ3n) is 13.7. The summed E-state index contributed by atoms with van der Waals surface area (Å²) in [6, 6.07) is 0. The number of rotatable bonds is 0. The molecule has 0 aliphatic carbocycles. The van der Waals surface area contributed by atoms with Crippen LogP contribution in [0.25, 0.3) is 0 Å². The summed E-state index contributed by atoms with van der Waals surface area (Å²) >= 11 is 0. The fourth-order valence-electron chi connectivity index (χ4n) is 10.8. The van der Waals surface area contributed by atoms with Gasteiger partial charge in [-0.05, 0) is 85.1 Å². The Bertz CT molecular complexity index is 1380. The minimum Gasteiger partial charge on any atom is -0.0379 e. The number of nitrogens with one attached hydrogen (secondary N) is 1. The molecule has 18 heteroatoms. The monoisotopic (exact) mass is 1130 g/mol. The molecule has 12 aliphatic rings. The number of guanidine groups is 2. The van der Waals surface area contributed by atoms with Crippen LogP contribution >= 0.6 is 0 Å². The van der Waals surface area contributed by atoms with Crippen molar-refractivity contribution in [1.29, 1.82) is 7.98 Å². The number of nitrogens with zero attached hydrogens (tertiary/aromatic N) is 14. The summed E-state index contributed by atoms with van der Waals surface area (Å²) < 4.78 is 11.0. The molecule has 12 rings (SSSR count). The Morgan fingerprint density at radius 2 is 1.00 bits per heavy atom. The molecule has 0 atom stereocenters. The van der Waals surface area contributed by atoms with E-state index in [0.29, 0.717) is 7.60 Å². The van der Waals surface area contributed by atoms with Crippen molar-refractivity contribution in [2.24, 2.45) is 31.8 Å². The first-order valence-electron chi connectivity index (χ1n) is 26.2. The predicted octanol–water partition coefficient (Wildman–Crippen LogP) is 2.93. The van der Waals surface area contributed by atoms with Crippen molar-refractivity contribution in [3.63, 3.8) is 0 Å². The first-order chi connectivity index (χ1) is 32.0. The number of hydrogen-bond acceptors (Lipinski definition) is 13. The smallest absolute Gasteiger partial charge is 0.0379 e. The number of aliphatic imine (C=N–C) groups is 4. The molecule has 15 nitrogen and oxygen atoms in total. The summed E-state index contributed by atoms with van der Waals surface area (Å²) in [5, 5.41) is 5.75. The van der Waals surface area contributed by atoms with Gasteiger partial charge in [0, 0.05) is 226 Å². The van der Waals surface area contributed by atoms with Crippen molar-refractivity contribution < 1.29 is 31.1 Å². The maximum absolute atomic E-state index is 5.75. The molecular formula is C47H95B2N15U. The zero-order chi connectivity index (χ0) is 48.1. The van der Waals surface area contributed by atoms with E-state index in [2.05, 4.69) is 88.7 Å². The third-order valence-corrected chi connectivity index (χ3v) is 13.7. The number of piperazine rings is 3. The van der Waals surface area contributed by atoms with Gasteiger partial charge < -0.3 is 39.2 Å². The molecule has 9 saturated heterocycles. The van der Waals surface area contributed by atoms with Crippen LogP contribution in [0.4, 0.5) is 0 Å². The molecule has 0 spiro atoms. The van der Waals surface area contributed by atoms with Gasteiger partial charge in [-0.2, -0.15) is 0 Å². The Balaban J connectivity index is 0.000000271. The van der Waals surface area contributed by atoms with Crippen molar-refractivity contribution in [1.82, 2.24) is 49.0 Å². The topological polar surface area (TPSA) is 106 Å². The van der Waals surface area contributed by atoms with Gasteiger partial charge >= 0.3 is 14.3 Å². The summed E-state index contributed by atoms with van der Waals surface area (Å²) in [4.78, 5) is 41.2. The molecule has 12 heterocycles. The Morgan fingerprint density at radius 3 is 1.43 bits per heavy atom. The maximum atomic E-state index is 5.75. The molecule has 0 aromatic heterocycles. The molecular weight excluding hydrogens is 1030 g/mol. The van der Waals surface area contributed by atoms with E-state index >= 15 is 0 Å². The van der Waals surface area contributed by atoms with Gasteiger partial charge in [-0.15, -0.1) is 0 Å². The van der Waals surface area contributed by atoms with Crippen LogP contribution in [0.3, 0.4) is 0 Å². The normalized spacial score (nSPS) is 26.7. The van der Waals surface area contributed by atoms with Crippen LogP contribution in [0.5, 0.6) is 0 Å². The average Bonchev–Trinajstić information content (AvgIpc) is 3.67. The molecule has 0 unspecified atom stereocenters. The first kappa shape index (κ1) is 55.9. The van der Waals surface area contributed by atoms with Crippen molar-refractivity contribution in [2.45, 2.75) is 83.5 Å². The summed E-state index contributed by atoms with van der Waals surface area (Å²) in [5.74, 6) is 6.83. The van der Waals surface area contributed by atoms with Crippen LogP contribution in [-0.4, -0.2) is 279 Å². The summed E-state index contributed by atoms with van der Waals surface area (Å²) in [7, 11) is 20.6. The number of fused-ring (bicyclic) bond motifs is 12. The second-order valence-corrected chi connectivity index (χ2v) is 19.6. The minimum absolute atomic E-state index is 0. The van der Waals surface area contributed by atoms with Crippen molar-refractivity contribution >= 4 is 39.6 Å². The van der Waals surface area contributed by atoms with E-state index in [-0.39, 0.29) is 31.1 Å². The number of hydrogen-bond donors (Lipinski definition) is 1. The van der Waals surface area contributed by atoms with Gasteiger partial charge in [0.05, 0.1) is 11.7 Å². The van der Waals surface area contributed by atoms with Gasteiger partial charge in [-0.25, -0.2) is 0 Å². The second kappa shape index (κ2) is 33.7. The second-order valence-electron chi connectivity index (χ2n) is 19.6. The van der Waals surface area contributed by atoms with Gasteiger partial charge in [0.2, 0.25) is 0 Å². The van der Waals surface area contributed by atoms with Crippen LogP contribution in [0.1, 0.15) is 83.5 Å². The molecule has 1 N–H and O–H groups in total. The van der Waals surface area contributed by atoms with Gasteiger partial charge in [-0.1, -0.05) is 12.8 Å². The van der Waals surface area contributed by atoms with E-state index < -0.39 is 0 Å². The zero-order valence-corrected chi connectivity index (χ0v) is 47.1. The summed E-state index contributed by atoms with van der Waals surface area (Å²) in [6.45, 7) is 25.0. The van der Waals surface area contributed by atoms with E-state index in [0.717, 1.165) is 37.4 Å². The van der Waals surface area contributed by atoms with Crippen molar-refractivity contribution in [3.8, 4) is 0 Å². The average molecular weight is 1130 g/mol. The van der Waals surface area contributed by atoms with Crippen molar-refractivity contribution in [2.75, 3.05) is 187 Å². The fraction of sp³-hybridized carbons (Fsp3) is 0.915. The van der Waals surface area contributed by atoms with E-state index in [1.54, 1.807) is 7.05 Å². The SMILES string of the molecule is C1CCC2=NCCCN2CC1.C1CN2CCN1CC2.C1CN=C2CCCN2C1.CN1CC2CCCC(C1)CN(C)C2.CN1CCCN2CCCN=C12.CN=C(N(C)C)N(C)C.[2H]B=N.[2H][B].[U]. The third kappa shape index (κ3) is 21.6. The van der Waals surface area contributed by atoms with Gasteiger partial charge in [0.1, 0.15) is 0 Å². The Hall–Kier alpha value is -1.70. The van der Waals surface area contributed by atoms with Crippen LogP contribution in [0.15, 0.2) is 20.0 Å². The molecule has 4 bridgehead atoms. The Labute approximate surface area is 427 Å². The molecule has 2 radical (unpaired) electrons. The molecule has 9 fully saturated rings. The first-order valence-corrected chi connectivity index (χ1v) is 25.1. The molecule has 0 aromatic carbocycles. The van der Waals surface area contributed by atoms with Crippen LogP contribution in [0.2, 0.25) is 0 Å². The van der Waals surface area contributed by atoms with Crippen LogP contribution < -0.4 is 0 Å². The van der Waals surface area contributed by atoms with E-state index in [1.807, 2.05) is 38.0 Å². The van der Waals surface area contributed by atoms with Gasteiger partial charge in [-0.3, -0.25) is 29.8 Å². The largest absolute Gasteiger partial charge is 0.0379 e. The van der Waals surface area contributed by atoms with E-state index in [4.69, 9.17) is 7.98 Å². The summed E-state index contributed by atoms with van der Waals surface area (Å²) in [5.41, 5.74) is 0. The Kier molecular flexibility index (Phi) is 29.0. The molecule has 65 heavy (non-hydrogen) atoms. The van der Waals surface area contributed by atoms with Gasteiger partial charge in [0.25, 0.3) is 0 Å². The quantitative estimate of drug-likeness (QED) is 0.222. The van der Waals surface area contributed by atoms with Gasteiger partial charge in [0.15, 0.2) is 11.9 Å². The van der Waals surface area contributed by atoms with Crippen LogP contribution in [0, 0.1) is 48.3 Å². The Morgan fingerprint density at radius 1 is 0.585 bits per heavy atom. The van der Waals surface area contributed by atoms with E-state index in [1.165, 1.54) is 212 Å². The summed E-state index contributed by atoms with van der Waals surface area (Å²) in [6.07, 6.45) is 17.4. The van der Waals surface area contributed by atoms with Crippen LogP contribution in [-0.2, 0) is 0 Å². The molecule has 12 aliphatic heterocycles. The van der Waals surface area contributed by atoms with Crippen molar-refractivity contribution in [3.05, 3.63) is 0 Å². The predicted molar refractivity (Wildman–Crippen MR) is 277 cm³/mol. The molecule has 0 amide bonds. The zero-order valence-electron chi connectivity index (χ0n) is 44.9. The number of amidine groups is 2. The minimum atomic E-state index is 0. The molecule has 368 valence electrons. The standard InChI is InChI=1S/C11H22N2.C9H16N2.C8H15N3.C7H12N2.C6H15N3.C6H12N2.BH2N.BH.U/c1-12-6-10-4-3-5-11(7-12)9-13(2)8-10;1-2-5-9-10-6-4-8-11(9)7-3-1;1-10-5-3-7-11-6-2-4-9-8(10)11;1-3-7-8-4-2-6-9(7)5-1;1-7-6(8(2)3)9(4)5;1-2-8-5-3-7(1)4-6-8;1-2;;/h10-11H,3-9H2,1-2H3;1-8H2;2-7H2,1H3;1-6H2;1-5H3;1-6H2;1-2H;1H;/i;;;;;;2*1D;. The van der Waals surface area contributed by atoms with E-state index in [9.17, 15) is 0 Å². The molecule has 0 aromatic rings.